The first kappa shape index (κ1) is 12.3. The average molecular weight is 247 g/mol. The van der Waals surface area contributed by atoms with E-state index in [2.05, 4.69) is 0 Å². The number of rotatable bonds is 2. The zero-order valence-electron chi connectivity index (χ0n) is 9.36. The number of carboxylic acids is 1. The first-order valence-electron chi connectivity index (χ1n) is 5.78. The van der Waals surface area contributed by atoms with Crippen molar-refractivity contribution in [3.63, 3.8) is 0 Å². The van der Waals surface area contributed by atoms with Crippen molar-refractivity contribution in [3.05, 3.63) is 0 Å². The minimum absolute atomic E-state index is 0.236. The lowest BCUT2D eigenvalue weighted by Gasteiger charge is -2.39. The highest BCUT2D eigenvalue weighted by Gasteiger charge is 2.50. The molecule has 2 aliphatic rings. The van der Waals surface area contributed by atoms with Crippen molar-refractivity contribution in [1.82, 2.24) is 4.90 Å². The van der Waals surface area contributed by atoms with Crippen molar-refractivity contribution in [2.75, 3.05) is 13.1 Å². The highest BCUT2D eigenvalue weighted by Crippen LogP contribution is 2.43. The topological polar surface area (TPSA) is 57.6 Å². The molecule has 0 bridgehead atoms. The third-order valence-corrected chi connectivity index (χ3v) is 3.60. The van der Waals surface area contributed by atoms with Crippen LogP contribution in [0.5, 0.6) is 0 Å². The number of carboxylic acid groups (broad SMARTS) is 1. The molecule has 0 radical (unpaired) electrons. The van der Waals surface area contributed by atoms with Gasteiger partial charge in [0.05, 0.1) is 5.92 Å². The number of aliphatic carboxylic acids is 1. The number of hydrogen-bond donors (Lipinski definition) is 1. The van der Waals surface area contributed by atoms with Crippen LogP contribution in [0.25, 0.3) is 0 Å². The van der Waals surface area contributed by atoms with E-state index in [1.807, 2.05) is 0 Å². The van der Waals surface area contributed by atoms with Gasteiger partial charge in [-0.05, 0) is 12.8 Å². The summed E-state index contributed by atoms with van der Waals surface area (Å²) in [4.78, 5) is 24.0. The Morgan fingerprint density at radius 1 is 1.12 bits per heavy atom. The van der Waals surface area contributed by atoms with E-state index >= 15 is 0 Å². The Morgan fingerprint density at radius 2 is 1.65 bits per heavy atom. The first-order chi connectivity index (χ1) is 7.89. The molecular formula is C11H15F2NO3. The molecule has 0 atom stereocenters. The maximum atomic E-state index is 12.6. The standard InChI is InChI=1S/C11H15F2NO3/c12-11(13)5-8(6-11)9(15)14-3-1-7(2-4-14)10(16)17/h7-8H,1-6H2,(H,16,17). The number of carbonyl (C=O) groups excluding carboxylic acids is 1. The van der Waals surface area contributed by atoms with Crippen LogP contribution in [0.1, 0.15) is 25.7 Å². The Labute approximate surface area is 97.6 Å². The van der Waals surface area contributed by atoms with Crippen molar-refractivity contribution < 1.29 is 23.5 Å². The van der Waals surface area contributed by atoms with Gasteiger partial charge in [0, 0.05) is 31.8 Å². The summed E-state index contributed by atoms with van der Waals surface area (Å²) >= 11 is 0. The van der Waals surface area contributed by atoms with E-state index in [1.165, 1.54) is 4.90 Å². The largest absolute Gasteiger partial charge is 0.481 e. The number of carbonyl (C=O) groups is 2. The molecule has 0 unspecified atom stereocenters. The van der Waals surface area contributed by atoms with Gasteiger partial charge < -0.3 is 10.0 Å². The second-order valence-corrected chi connectivity index (χ2v) is 4.90. The number of likely N-dealkylation sites (tertiary alicyclic amines) is 1. The van der Waals surface area contributed by atoms with Gasteiger partial charge in [0.15, 0.2) is 0 Å². The second-order valence-electron chi connectivity index (χ2n) is 4.90. The zero-order valence-corrected chi connectivity index (χ0v) is 9.36. The number of amides is 1. The third-order valence-electron chi connectivity index (χ3n) is 3.60. The zero-order chi connectivity index (χ0) is 12.6. The summed E-state index contributed by atoms with van der Waals surface area (Å²) in [5, 5.41) is 8.80. The maximum absolute atomic E-state index is 12.6. The first-order valence-corrected chi connectivity index (χ1v) is 5.78. The van der Waals surface area contributed by atoms with E-state index in [1.54, 1.807) is 0 Å². The molecule has 0 aromatic carbocycles. The van der Waals surface area contributed by atoms with Crippen LogP contribution in [0, 0.1) is 11.8 Å². The summed E-state index contributed by atoms with van der Waals surface area (Å²) in [6, 6.07) is 0. The van der Waals surface area contributed by atoms with Crippen LogP contribution in [0.15, 0.2) is 0 Å². The summed E-state index contributed by atoms with van der Waals surface area (Å²) in [7, 11) is 0. The summed E-state index contributed by atoms with van der Waals surface area (Å²) < 4.78 is 25.3. The van der Waals surface area contributed by atoms with Crippen LogP contribution >= 0.6 is 0 Å². The SMILES string of the molecule is O=C(O)C1CCN(C(=O)C2CC(F)(F)C2)CC1. The van der Waals surface area contributed by atoms with Crippen molar-refractivity contribution in [3.8, 4) is 0 Å². The van der Waals surface area contributed by atoms with Gasteiger partial charge in [-0.15, -0.1) is 0 Å². The molecular weight excluding hydrogens is 232 g/mol. The van der Waals surface area contributed by atoms with Crippen molar-refractivity contribution in [1.29, 1.82) is 0 Å². The number of halogens is 2. The molecule has 1 heterocycles. The number of alkyl halides is 2. The van der Waals surface area contributed by atoms with Gasteiger partial charge in [-0.1, -0.05) is 0 Å². The average Bonchev–Trinajstić information content (AvgIpc) is 2.25. The predicted octanol–water partition coefficient (Wildman–Crippen LogP) is 1.35. The van der Waals surface area contributed by atoms with Crippen molar-refractivity contribution in [2.45, 2.75) is 31.6 Å². The fraction of sp³-hybridized carbons (Fsp3) is 0.818. The fourth-order valence-electron chi connectivity index (χ4n) is 2.44. The van der Waals surface area contributed by atoms with Gasteiger partial charge >= 0.3 is 5.97 Å². The fourth-order valence-corrected chi connectivity index (χ4v) is 2.44. The lowest BCUT2D eigenvalue weighted by atomic mass is 9.80. The van der Waals surface area contributed by atoms with E-state index < -0.39 is 23.7 Å². The quantitative estimate of drug-likeness (QED) is 0.801. The van der Waals surface area contributed by atoms with E-state index in [0.717, 1.165) is 0 Å². The van der Waals surface area contributed by atoms with Crippen LogP contribution in [0.3, 0.4) is 0 Å². The van der Waals surface area contributed by atoms with Crippen LogP contribution < -0.4 is 0 Å². The van der Waals surface area contributed by atoms with Gasteiger partial charge in [0.25, 0.3) is 0 Å². The normalized spacial score (nSPS) is 25.4. The summed E-state index contributed by atoms with van der Waals surface area (Å²) in [6.45, 7) is 0.746. The number of hydrogen-bond acceptors (Lipinski definition) is 2. The Hall–Kier alpha value is -1.20. The van der Waals surface area contributed by atoms with E-state index in [0.29, 0.717) is 25.9 Å². The van der Waals surface area contributed by atoms with E-state index in [4.69, 9.17) is 5.11 Å². The van der Waals surface area contributed by atoms with Crippen LogP contribution in [-0.2, 0) is 9.59 Å². The van der Waals surface area contributed by atoms with Crippen molar-refractivity contribution >= 4 is 11.9 Å². The predicted molar refractivity (Wildman–Crippen MR) is 54.6 cm³/mol. The lowest BCUT2D eigenvalue weighted by molar-refractivity contribution is -0.162. The molecule has 17 heavy (non-hydrogen) atoms. The molecule has 1 saturated heterocycles. The van der Waals surface area contributed by atoms with E-state index in [9.17, 15) is 18.4 Å². The molecule has 1 N–H and O–H groups in total. The molecule has 0 aromatic heterocycles. The molecule has 6 heteroatoms. The molecule has 2 fully saturated rings. The third kappa shape index (κ3) is 2.56. The highest BCUT2D eigenvalue weighted by molar-refractivity contribution is 5.80. The van der Waals surface area contributed by atoms with Crippen molar-refractivity contribution in [2.24, 2.45) is 11.8 Å². The maximum Gasteiger partial charge on any atom is 0.306 e. The smallest absolute Gasteiger partial charge is 0.306 e. The summed E-state index contributed by atoms with van der Waals surface area (Å²) in [6.07, 6.45) is 0.129. The lowest BCUT2D eigenvalue weighted by Crippen LogP contribution is -2.49. The molecule has 1 amide bonds. The Morgan fingerprint density at radius 3 is 2.06 bits per heavy atom. The Bertz CT molecular complexity index is 330. The monoisotopic (exact) mass is 247 g/mol. The highest BCUT2D eigenvalue weighted by atomic mass is 19.3. The Balaban J connectivity index is 1.81. The summed E-state index contributed by atoms with van der Waals surface area (Å²) in [5.74, 6) is -4.72. The van der Waals surface area contributed by atoms with Gasteiger partial charge in [-0.3, -0.25) is 9.59 Å². The number of piperidine rings is 1. The van der Waals surface area contributed by atoms with Gasteiger partial charge in [-0.2, -0.15) is 0 Å². The second kappa shape index (κ2) is 4.23. The van der Waals surface area contributed by atoms with Crippen LogP contribution in [-0.4, -0.2) is 40.9 Å². The molecule has 0 aromatic rings. The molecule has 4 nitrogen and oxygen atoms in total. The molecule has 1 aliphatic carbocycles. The number of nitrogens with zero attached hydrogens (tertiary/aromatic N) is 1. The van der Waals surface area contributed by atoms with E-state index in [-0.39, 0.29) is 18.7 Å². The van der Waals surface area contributed by atoms with Gasteiger partial charge in [0.1, 0.15) is 0 Å². The van der Waals surface area contributed by atoms with Gasteiger partial charge in [0.2, 0.25) is 11.8 Å². The minimum Gasteiger partial charge on any atom is -0.481 e. The molecule has 1 saturated carbocycles. The molecule has 1 aliphatic heterocycles. The Kier molecular flexibility index (Phi) is 3.05. The summed E-state index contributed by atoms with van der Waals surface area (Å²) in [5.41, 5.74) is 0. The molecule has 96 valence electrons. The molecule has 0 spiro atoms. The van der Waals surface area contributed by atoms with Gasteiger partial charge in [-0.25, -0.2) is 8.78 Å². The molecule has 2 rings (SSSR count). The minimum atomic E-state index is -2.68. The van der Waals surface area contributed by atoms with Crippen LogP contribution in [0.2, 0.25) is 0 Å². The van der Waals surface area contributed by atoms with Crippen LogP contribution in [0.4, 0.5) is 8.78 Å².